The lowest BCUT2D eigenvalue weighted by Crippen LogP contribution is -2.22. The lowest BCUT2D eigenvalue weighted by molar-refractivity contribution is -0.105. The van der Waals surface area contributed by atoms with Crippen LogP contribution in [0.1, 0.15) is 11.7 Å². The number of ether oxygens (including phenoxy) is 2. The van der Waals surface area contributed by atoms with Gasteiger partial charge in [-0.1, -0.05) is 25.7 Å². The van der Waals surface area contributed by atoms with Crippen molar-refractivity contribution in [3.8, 4) is 5.75 Å². The van der Waals surface area contributed by atoms with Crippen LogP contribution in [0.15, 0.2) is 18.2 Å². The standard InChI is InChI=1S/C15H26N2O4Si/c1-22(2,3)7-6-20-11-21-15-5-4-12(14(19)9-16)8-13(15)17-10-18/h4-5,8,10,14,19H,6-7,9,11,16H2,1-3H3,(H,17,18). The van der Waals surface area contributed by atoms with E-state index < -0.39 is 14.2 Å². The molecule has 1 aromatic carbocycles. The van der Waals surface area contributed by atoms with E-state index in [2.05, 4.69) is 25.0 Å². The average Bonchev–Trinajstić information content (AvgIpc) is 2.46. The molecular formula is C15H26N2O4Si. The van der Waals surface area contributed by atoms with Gasteiger partial charge in [0.05, 0.1) is 11.8 Å². The van der Waals surface area contributed by atoms with Crippen LogP contribution in [0.4, 0.5) is 5.69 Å². The van der Waals surface area contributed by atoms with Crippen LogP contribution in [0.5, 0.6) is 5.75 Å². The van der Waals surface area contributed by atoms with Crippen molar-refractivity contribution in [2.75, 3.05) is 25.3 Å². The minimum Gasteiger partial charge on any atom is -0.465 e. The van der Waals surface area contributed by atoms with E-state index in [1.165, 1.54) is 0 Å². The van der Waals surface area contributed by atoms with E-state index in [1.54, 1.807) is 18.2 Å². The van der Waals surface area contributed by atoms with Gasteiger partial charge in [0.1, 0.15) is 5.75 Å². The number of nitrogens with two attached hydrogens (primary N) is 1. The lowest BCUT2D eigenvalue weighted by atomic mass is 10.1. The molecule has 0 saturated heterocycles. The van der Waals surface area contributed by atoms with Gasteiger partial charge in [0, 0.05) is 21.2 Å². The van der Waals surface area contributed by atoms with E-state index in [-0.39, 0.29) is 13.3 Å². The molecule has 1 unspecified atom stereocenters. The number of nitrogens with one attached hydrogen (secondary N) is 1. The zero-order valence-electron chi connectivity index (χ0n) is 13.5. The second-order valence-electron chi connectivity index (χ2n) is 6.25. The number of hydrogen-bond acceptors (Lipinski definition) is 5. The van der Waals surface area contributed by atoms with Crippen LogP contribution in [-0.4, -0.2) is 39.5 Å². The molecule has 0 aromatic heterocycles. The first-order valence-electron chi connectivity index (χ1n) is 7.30. The molecule has 4 N–H and O–H groups in total. The largest absolute Gasteiger partial charge is 0.465 e. The number of hydrogen-bond donors (Lipinski definition) is 3. The van der Waals surface area contributed by atoms with Crippen molar-refractivity contribution in [3.63, 3.8) is 0 Å². The van der Waals surface area contributed by atoms with Crippen LogP contribution < -0.4 is 15.8 Å². The smallest absolute Gasteiger partial charge is 0.211 e. The van der Waals surface area contributed by atoms with Gasteiger partial charge in [0.15, 0.2) is 6.79 Å². The summed E-state index contributed by atoms with van der Waals surface area (Å²) in [7, 11) is -1.11. The molecule has 0 aliphatic heterocycles. The highest BCUT2D eigenvalue weighted by Gasteiger charge is 2.13. The van der Waals surface area contributed by atoms with Crippen LogP contribution in [0.3, 0.4) is 0 Å². The Labute approximate surface area is 132 Å². The Balaban J connectivity index is 2.60. The minimum absolute atomic E-state index is 0.112. The third-order valence-corrected chi connectivity index (χ3v) is 4.82. The van der Waals surface area contributed by atoms with Gasteiger partial charge >= 0.3 is 0 Å². The van der Waals surface area contributed by atoms with Crippen LogP contribution in [0.2, 0.25) is 25.7 Å². The predicted octanol–water partition coefficient (Wildman–Crippen LogP) is 1.94. The van der Waals surface area contributed by atoms with E-state index in [1.807, 2.05) is 0 Å². The van der Waals surface area contributed by atoms with E-state index in [9.17, 15) is 9.90 Å². The fourth-order valence-corrected chi connectivity index (χ4v) is 2.49. The fourth-order valence-electron chi connectivity index (χ4n) is 1.74. The Bertz CT molecular complexity index is 477. The Morgan fingerprint density at radius 3 is 2.73 bits per heavy atom. The summed E-state index contributed by atoms with van der Waals surface area (Å²) >= 11 is 0. The maximum atomic E-state index is 10.7. The summed E-state index contributed by atoms with van der Waals surface area (Å²) in [5.41, 5.74) is 6.53. The molecule has 0 spiro atoms. The molecule has 22 heavy (non-hydrogen) atoms. The Morgan fingerprint density at radius 1 is 1.41 bits per heavy atom. The Hall–Kier alpha value is -1.41. The molecule has 0 radical (unpaired) electrons. The molecule has 0 fully saturated rings. The summed E-state index contributed by atoms with van der Waals surface area (Å²) in [6, 6.07) is 6.10. The number of carbonyl (C=O) groups excluding carboxylic acids is 1. The summed E-state index contributed by atoms with van der Waals surface area (Å²) in [6.45, 7) is 7.74. The SMILES string of the molecule is C[Si](C)(C)CCOCOc1ccc(C(O)CN)cc1NC=O. The van der Waals surface area contributed by atoms with Gasteiger partial charge in [-0.05, 0) is 23.7 Å². The molecule has 1 rings (SSSR count). The summed E-state index contributed by atoms with van der Waals surface area (Å²) in [5.74, 6) is 0.494. The average molecular weight is 326 g/mol. The monoisotopic (exact) mass is 326 g/mol. The van der Waals surface area contributed by atoms with Crippen molar-refractivity contribution >= 4 is 20.2 Å². The number of rotatable bonds is 10. The Morgan fingerprint density at radius 2 is 2.14 bits per heavy atom. The molecule has 0 aliphatic carbocycles. The fraction of sp³-hybridized carbons (Fsp3) is 0.533. The maximum Gasteiger partial charge on any atom is 0.211 e. The highest BCUT2D eigenvalue weighted by molar-refractivity contribution is 6.76. The zero-order chi connectivity index (χ0) is 16.6. The maximum absolute atomic E-state index is 10.7. The number of carbonyl (C=O) groups is 1. The summed E-state index contributed by atoms with van der Waals surface area (Å²) in [5, 5.41) is 12.3. The molecule has 124 valence electrons. The Kier molecular flexibility index (Phi) is 7.53. The molecule has 1 atom stereocenters. The summed E-state index contributed by atoms with van der Waals surface area (Å²) in [4.78, 5) is 10.7. The minimum atomic E-state index is -1.11. The van der Waals surface area contributed by atoms with Gasteiger partial charge in [-0.2, -0.15) is 0 Å². The molecule has 0 bridgehead atoms. The first-order valence-corrected chi connectivity index (χ1v) is 11.0. The molecule has 1 aromatic rings. The summed E-state index contributed by atoms with van der Waals surface area (Å²) < 4.78 is 11.0. The number of benzene rings is 1. The van der Waals surface area contributed by atoms with Crippen molar-refractivity contribution in [2.45, 2.75) is 31.8 Å². The zero-order valence-corrected chi connectivity index (χ0v) is 14.5. The van der Waals surface area contributed by atoms with E-state index >= 15 is 0 Å². The van der Waals surface area contributed by atoms with Crippen molar-refractivity contribution in [1.29, 1.82) is 0 Å². The number of amides is 1. The van der Waals surface area contributed by atoms with Gasteiger partial charge in [0.25, 0.3) is 0 Å². The quantitative estimate of drug-likeness (QED) is 0.264. The summed E-state index contributed by atoms with van der Waals surface area (Å²) in [6.07, 6.45) is -0.207. The number of anilines is 1. The van der Waals surface area contributed by atoms with E-state index in [0.29, 0.717) is 30.0 Å². The molecule has 0 saturated carbocycles. The van der Waals surface area contributed by atoms with Crippen LogP contribution >= 0.6 is 0 Å². The first kappa shape index (κ1) is 18.6. The van der Waals surface area contributed by atoms with Gasteiger partial charge in [-0.25, -0.2) is 0 Å². The topological polar surface area (TPSA) is 93.8 Å². The van der Waals surface area contributed by atoms with Crippen molar-refractivity contribution in [3.05, 3.63) is 23.8 Å². The second kappa shape index (κ2) is 8.89. The lowest BCUT2D eigenvalue weighted by Gasteiger charge is -2.17. The highest BCUT2D eigenvalue weighted by atomic mass is 28.3. The van der Waals surface area contributed by atoms with Gasteiger partial charge in [0.2, 0.25) is 6.41 Å². The van der Waals surface area contributed by atoms with Crippen molar-refractivity contribution in [1.82, 2.24) is 0 Å². The molecule has 1 amide bonds. The van der Waals surface area contributed by atoms with Crippen LogP contribution in [-0.2, 0) is 9.53 Å². The molecule has 6 nitrogen and oxygen atoms in total. The van der Waals surface area contributed by atoms with Crippen LogP contribution in [0, 0.1) is 0 Å². The molecule has 0 heterocycles. The van der Waals surface area contributed by atoms with Crippen LogP contribution in [0.25, 0.3) is 0 Å². The number of aliphatic hydroxyl groups is 1. The third-order valence-electron chi connectivity index (χ3n) is 3.12. The second-order valence-corrected chi connectivity index (χ2v) is 11.9. The van der Waals surface area contributed by atoms with E-state index in [0.717, 1.165) is 6.04 Å². The first-order chi connectivity index (χ1) is 10.4. The van der Waals surface area contributed by atoms with Gasteiger partial charge in [-0.3, -0.25) is 4.79 Å². The van der Waals surface area contributed by atoms with E-state index in [4.69, 9.17) is 15.2 Å². The number of aliphatic hydroxyl groups excluding tert-OH is 1. The van der Waals surface area contributed by atoms with Crippen molar-refractivity contribution < 1.29 is 19.4 Å². The molecule has 7 heteroatoms. The van der Waals surface area contributed by atoms with Gasteiger partial charge in [-0.15, -0.1) is 0 Å². The third kappa shape index (κ3) is 6.57. The molecular weight excluding hydrogens is 300 g/mol. The normalized spacial score (nSPS) is 12.8. The highest BCUT2D eigenvalue weighted by Crippen LogP contribution is 2.28. The van der Waals surface area contributed by atoms with Crippen molar-refractivity contribution in [2.24, 2.45) is 5.73 Å². The molecule has 0 aliphatic rings. The predicted molar refractivity (Wildman–Crippen MR) is 89.7 cm³/mol. The van der Waals surface area contributed by atoms with Gasteiger partial charge < -0.3 is 25.6 Å².